The van der Waals surface area contributed by atoms with E-state index in [-0.39, 0.29) is 35.0 Å². The average molecular weight is 489 g/mol. The lowest BCUT2D eigenvalue weighted by Crippen LogP contribution is -2.43. The normalized spacial score (nSPS) is 14.1. The number of carbonyl (C=O) groups is 3. The maximum Gasteiger partial charge on any atom is 0.329 e. The first kappa shape index (κ1) is 25.4. The van der Waals surface area contributed by atoms with E-state index in [0.29, 0.717) is 6.42 Å². The molecule has 1 N–H and O–H groups in total. The number of carbonyl (C=O) groups excluding carboxylic acids is 3. The number of sulfonamides is 1. The van der Waals surface area contributed by atoms with Crippen LogP contribution in [0.15, 0.2) is 47.4 Å². The Labute approximate surface area is 199 Å². The Bertz CT molecular complexity index is 1180. The zero-order valence-electron chi connectivity index (χ0n) is 19.4. The van der Waals surface area contributed by atoms with Crippen LogP contribution in [0.3, 0.4) is 0 Å². The van der Waals surface area contributed by atoms with Gasteiger partial charge in [0.25, 0.3) is 11.8 Å². The van der Waals surface area contributed by atoms with Crippen LogP contribution in [0.4, 0.5) is 0 Å². The van der Waals surface area contributed by atoms with Crippen LogP contribution in [0, 0.1) is 0 Å². The molecular formula is C24H28N2O7S. The zero-order valence-corrected chi connectivity index (χ0v) is 20.2. The standard InChI is InChI=1S/C24H28N2O7S/c1-4-32-24(29)16(2)26-22(27)18-14-20(21(34(30,31)25-3)15-19(18)23(26)28)33-13-9-8-12-17-10-6-5-7-11-17/h5-7,10-11,14-16,25H,4,8-9,12-13H2,1-3H3. The maximum absolute atomic E-state index is 12.9. The number of nitrogens with zero attached hydrogens (tertiary/aromatic N) is 1. The number of ether oxygens (including phenoxy) is 2. The molecule has 10 heteroatoms. The molecule has 2 amide bonds. The largest absolute Gasteiger partial charge is 0.492 e. The van der Waals surface area contributed by atoms with E-state index < -0.39 is 33.8 Å². The number of aryl methyl sites for hydroxylation is 1. The summed E-state index contributed by atoms with van der Waals surface area (Å²) in [5.41, 5.74) is 1.07. The van der Waals surface area contributed by atoms with Crippen LogP contribution >= 0.6 is 0 Å². The number of fused-ring (bicyclic) bond motifs is 1. The molecule has 2 aromatic rings. The third-order valence-corrected chi connectivity index (χ3v) is 6.95. The highest BCUT2D eigenvalue weighted by Gasteiger charge is 2.43. The van der Waals surface area contributed by atoms with Crippen LogP contribution < -0.4 is 9.46 Å². The summed E-state index contributed by atoms with van der Waals surface area (Å²) in [6.45, 7) is 3.32. The highest BCUT2D eigenvalue weighted by molar-refractivity contribution is 7.89. The van der Waals surface area contributed by atoms with Crippen LogP contribution in [-0.4, -0.2) is 57.4 Å². The number of imide groups is 1. The topological polar surface area (TPSA) is 119 Å². The van der Waals surface area contributed by atoms with Crippen molar-refractivity contribution in [3.05, 3.63) is 59.2 Å². The molecule has 1 aliphatic rings. The summed E-state index contributed by atoms with van der Waals surface area (Å²) in [5, 5.41) is 0. The van der Waals surface area contributed by atoms with Gasteiger partial charge in [-0.25, -0.2) is 17.9 Å². The van der Waals surface area contributed by atoms with Crippen molar-refractivity contribution in [2.24, 2.45) is 0 Å². The van der Waals surface area contributed by atoms with Crippen LogP contribution in [0.1, 0.15) is 53.0 Å². The number of hydrogen-bond donors (Lipinski definition) is 1. The Morgan fingerprint density at radius 2 is 1.71 bits per heavy atom. The summed E-state index contributed by atoms with van der Waals surface area (Å²) in [5.74, 6) is -2.22. The Morgan fingerprint density at radius 1 is 1.06 bits per heavy atom. The lowest BCUT2D eigenvalue weighted by atomic mass is 10.1. The fraction of sp³-hybridized carbons (Fsp3) is 0.375. The van der Waals surface area contributed by atoms with Gasteiger partial charge in [0.1, 0.15) is 16.7 Å². The molecule has 0 radical (unpaired) electrons. The minimum absolute atomic E-state index is 0.0181. The number of nitrogens with one attached hydrogen (secondary N) is 1. The predicted molar refractivity (Wildman–Crippen MR) is 124 cm³/mol. The minimum Gasteiger partial charge on any atom is -0.492 e. The van der Waals surface area contributed by atoms with E-state index in [4.69, 9.17) is 9.47 Å². The summed E-state index contributed by atoms with van der Waals surface area (Å²) in [7, 11) is -2.74. The molecule has 3 rings (SSSR count). The highest BCUT2D eigenvalue weighted by atomic mass is 32.2. The second kappa shape index (κ2) is 10.8. The Morgan fingerprint density at radius 3 is 2.32 bits per heavy atom. The lowest BCUT2D eigenvalue weighted by molar-refractivity contribution is -0.147. The molecule has 9 nitrogen and oxygen atoms in total. The van der Waals surface area contributed by atoms with Gasteiger partial charge in [0.05, 0.1) is 24.3 Å². The van der Waals surface area contributed by atoms with Crippen molar-refractivity contribution in [3.8, 4) is 5.75 Å². The number of benzene rings is 2. The van der Waals surface area contributed by atoms with E-state index in [1.165, 1.54) is 25.6 Å². The molecule has 0 aliphatic carbocycles. The molecule has 34 heavy (non-hydrogen) atoms. The Kier molecular flexibility index (Phi) is 8.06. The maximum atomic E-state index is 12.9. The summed E-state index contributed by atoms with van der Waals surface area (Å²) in [6.07, 6.45) is 2.33. The van der Waals surface area contributed by atoms with Crippen molar-refractivity contribution in [3.63, 3.8) is 0 Å². The van der Waals surface area contributed by atoms with Crippen LogP contribution in [0.5, 0.6) is 5.75 Å². The molecule has 2 aromatic carbocycles. The second-order valence-electron chi connectivity index (χ2n) is 7.75. The number of hydrogen-bond acceptors (Lipinski definition) is 7. The fourth-order valence-corrected chi connectivity index (χ4v) is 4.55. The average Bonchev–Trinajstić information content (AvgIpc) is 3.07. The van der Waals surface area contributed by atoms with Gasteiger partial charge >= 0.3 is 5.97 Å². The van der Waals surface area contributed by atoms with E-state index in [1.807, 2.05) is 30.3 Å². The second-order valence-corrected chi connectivity index (χ2v) is 9.61. The molecule has 1 atom stereocenters. The number of unbranched alkanes of at least 4 members (excludes halogenated alkanes) is 1. The molecule has 0 spiro atoms. The summed E-state index contributed by atoms with van der Waals surface area (Å²) in [6, 6.07) is 11.2. The first-order chi connectivity index (χ1) is 16.2. The SMILES string of the molecule is CCOC(=O)C(C)N1C(=O)c2cc(OCCCCc3ccccc3)c(S(=O)(=O)NC)cc2C1=O. The quantitative estimate of drug-likeness (QED) is 0.293. The molecule has 0 aromatic heterocycles. The van der Waals surface area contributed by atoms with Gasteiger partial charge in [-0.3, -0.25) is 14.5 Å². The monoisotopic (exact) mass is 488 g/mol. The van der Waals surface area contributed by atoms with Crippen LogP contribution in [0.25, 0.3) is 0 Å². The molecular weight excluding hydrogens is 460 g/mol. The summed E-state index contributed by atoms with van der Waals surface area (Å²) in [4.78, 5) is 38.5. The van der Waals surface area contributed by atoms with Crippen molar-refractivity contribution in [1.29, 1.82) is 0 Å². The summed E-state index contributed by atoms with van der Waals surface area (Å²) < 4.78 is 38.1. The minimum atomic E-state index is -3.99. The van der Waals surface area contributed by atoms with Gasteiger partial charge in [-0.15, -0.1) is 0 Å². The van der Waals surface area contributed by atoms with Gasteiger partial charge in [0.15, 0.2) is 0 Å². The first-order valence-electron chi connectivity index (χ1n) is 11.0. The van der Waals surface area contributed by atoms with Crippen molar-refractivity contribution in [1.82, 2.24) is 9.62 Å². The number of rotatable bonds is 11. The predicted octanol–water partition coefficient (Wildman–Crippen LogP) is 2.54. The van der Waals surface area contributed by atoms with E-state index >= 15 is 0 Å². The number of esters is 1. The van der Waals surface area contributed by atoms with Crippen LogP contribution in [-0.2, 0) is 26.0 Å². The lowest BCUT2D eigenvalue weighted by Gasteiger charge is -2.20. The van der Waals surface area contributed by atoms with Gasteiger partial charge in [-0.05, 0) is 57.9 Å². The van der Waals surface area contributed by atoms with Gasteiger partial charge in [-0.1, -0.05) is 30.3 Å². The third-order valence-electron chi connectivity index (χ3n) is 5.52. The first-order valence-corrected chi connectivity index (χ1v) is 12.5. The van der Waals surface area contributed by atoms with Crippen molar-refractivity contribution >= 4 is 27.8 Å². The van der Waals surface area contributed by atoms with Crippen molar-refractivity contribution in [2.45, 2.75) is 44.0 Å². The molecule has 0 bridgehead atoms. The smallest absolute Gasteiger partial charge is 0.329 e. The van der Waals surface area contributed by atoms with Gasteiger partial charge in [0, 0.05) is 0 Å². The molecule has 1 heterocycles. The van der Waals surface area contributed by atoms with Crippen molar-refractivity contribution < 1.29 is 32.3 Å². The highest BCUT2D eigenvalue weighted by Crippen LogP contribution is 2.34. The zero-order chi connectivity index (χ0) is 24.9. The Hall–Kier alpha value is -3.24. The third kappa shape index (κ3) is 5.28. The van der Waals surface area contributed by atoms with Crippen LogP contribution in [0.2, 0.25) is 0 Å². The Balaban J connectivity index is 1.82. The number of amides is 2. The summed E-state index contributed by atoms with van der Waals surface area (Å²) >= 11 is 0. The van der Waals surface area contributed by atoms with E-state index in [9.17, 15) is 22.8 Å². The molecule has 0 saturated heterocycles. The molecule has 1 aliphatic heterocycles. The van der Waals surface area contributed by atoms with Gasteiger partial charge < -0.3 is 9.47 Å². The van der Waals surface area contributed by atoms with E-state index in [1.54, 1.807) is 6.92 Å². The van der Waals surface area contributed by atoms with Crippen molar-refractivity contribution in [2.75, 3.05) is 20.3 Å². The van der Waals surface area contributed by atoms with Gasteiger partial charge in [0.2, 0.25) is 10.0 Å². The molecule has 0 fully saturated rings. The van der Waals surface area contributed by atoms with E-state index in [2.05, 4.69) is 4.72 Å². The fourth-order valence-electron chi connectivity index (χ4n) is 3.68. The molecule has 182 valence electrons. The molecule has 0 saturated carbocycles. The molecule has 1 unspecified atom stereocenters. The van der Waals surface area contributed by atoms with E-state index in [0.717, 1.165) is 23.8 Å². The van der Waals surface area contributed by atoms with Gasteiger partial charge in [-0.2, -0.15) is 0 Å².